The summed E-state index contributed by atoms with van der Waals surface area (Å²) in [5.41, 5.74) is 0. The van der Waals surface area contributed by atoms with Crippen LogP contribution in [0.2, 0.25) is 0 Å². The van der Waals surface area contributed by atoms with E-state index in [-0.39, 0.29) is 4.84 Å². The molecule has 0 radical (unpaired) electrons. The minimum absolute atomic E-state index is 0.151. The average molecular weight is 256 g/mol. The Balaban J connectivity index is 0. The van der Waals surface area contributed by atoms with Crippen LogP contribution >= 0.6 is 23.2 Å². The molecule has 0 amide bonds. The highest BCUT2D eigenvalue weighted by Crippen LogP contribution is 2.11. The molecule has 0 aromatic rings. The molecule has 0 rings (SSSR count). The second-order valence-corrected chi connectivity index (χ2v) is 4.78. The van der Waals surface area contributed by atoms with Gasteiger partial charge >= 0.3 is 0 Å². The van der Waals surface area contributed by atoms with E-state index in [0.717, 1.165) is 12.8 Å². The van der Waals surface area contributed by atoms with Crippen molar-refractivity contribution >= 4 is 23.2 Å². The molecule has 0 atom stereocenters. The summed E-state index contributed by atoms with van der Waals surface area (Å²) in [5, 5.41) is 0. The van der Waals surface area contributed by atoms with Crippen molar-refractivity contribution in [2.45, 2.75) is 58.2 Å². The van der Waals surface area contributed by atoms with Gasteiger partial charge in [0.1, 0.15) is 4.84 Å². The van der Waals surface area contributed by atoms with Gasteiger partial charge in [-0.05, 0) is 26.1 Å². The van der Waals surface area contributed by atoms with E-state index in [1.807, 2.05) is 0 Å². The molecule has 1 nitrogen and oxygen atoms in total. The van der Waals surface area contributed by atoms with Crippen molar-refractivity contribution in [3.63, 3.8) is 0 Å². The first-order valence-corrected chi connectivity index (χ1v) is 6.99. The van der Waals surface area contributed by atoms with E-state index in [9.17, 15) is 0 Å². The van der Waals surface area contributed by atoms with Gasteiger partial charge in [-0.3, -0.25) is 0 Å². The molecule has 0 aromatic heterocycles. The van der Waals surface area contributed by atoms with E-state index in [4.69, 9.17) is 23.2 Å². The summed E-state index contributed by atoms with van der Waals surface area (Å²) in [6.45, 7) is 12.3. The summed E-state index contributed by atoms with van der Waals surface area (Å²) >= 11 is 11.0. The van der Waals surface area contributed by atoms with Crippen molar-refractivity contribution < 1.29 is 0 Å². The topological polar surface area (TPSA) is 3.24 Å². The van der Waals surface area contributed by atoms with Gasteiger partial charge in [-0.25, -0.2) is 0 Å². The van der Waals surface area contributed by atoms with Gasteiger partial charge in [0.2, 0.25) is 0 Å². The fourth-order valence-electron chi connectivity index (χ4n) is 1.22. The van der Waals surface area contributed by atoms with Gasteiger partial charge < -0.3 is 4.90 Å². The maximum absolute atomic E-state index is 5.48. The van der Waals surface area contributed by atoms with Gasteiger partial charge in [-0.15, -0.1) is 23.2 Å². The first-order chi connectivity index (χ1) is 7.12. The molecule has 0 aliphatic rings. The highest BCUT2D eigenvalue weighted by molar-refractivity contribution is 6.44. The van der Waals surface area contributed by atoms with Gasteiger partial charge in [0.05, 0.1) is 0 Å². The third kappa shape index (κ3) is 17.2. The first kappa shape index (κ1) is 17.9. The van der Waals surface area contributed by atoms with Crippen molar-refractivity contribution in [1.29, 1.82) is 0 Å². The number of hydrogen-bond acceptors (Lipinski definition) is 1. The normalized spacial score (nSPS) is 10.4. The second-order valence-electron chi connectivity index (χ2n) is 3.51. The van der Waals surface area contributed by atoms with E-state index in [1.165, 1.54) is 32.5 Å². The third-order valence-corrected chi connectivity index (χ3v) is 2.80. The summed E-state index contributed by atoms with van der Waals surface area (Å²) < 4.78 is 0. The fraction of sp³-hybridized carbons (Fsp3) is 1.00. The minimum atomic E-state index is -0.151. The summed E-state index contributed by atoms with van der Waals surface area (Å²) in [6.07, 6.45) is 4.58. The predicted molar refractivity (Wildman–Crippen MR) is 73.1 cm³/mol. The van der Waals surface area contributed by atoms with Crippen LogP contribution in [-0.2, 0) is 0 Å². The van der Waals surface area contributed by atoms with Crippen LogP contribution in [0.3, 0.4) is 0 Å². The lowest BCUT2D eigenvalue weighted by molar-refractivity contribution is 0.321. The summed E-state index contributed by atoms with van der Waals surface area (Å²) in [7, 11) is 0. The van der Waals surface area contributed by atoms with Crippen molar-refractivity contribution in [2.75, 3.05) is 19.6 Å². The van der Waals surface area contributed by atoms with Gasteiger partial charge in [0.25, 0.3) is 0 Å². The van der Waals surface area contributed by atoms with Crippen LogP contribution in [0.1, 0.15) is 53.4 Å². The van der Waals surface area contributed by atoms with Gasteiger partial charge in [0, 0.05) is 0 Å². The largest absolute Gasteiger partial charge is 0.304 e. The summed E-state index contributed by atoms with van der Waals surface area (Å²) in [4.78, 5) is 2.22. The average Bonchev–Trinajstić information content (AvgIpc) is 2.21. The highest BCUT2D eigenvalue weighted by atomic mass is 35.5. The van der Waals surface area contributed by atoms with Crippen LogP contribution < -0.4 is 0 Å². The third-order valence-electron chi connectivity index (χ3n) is 2.37. The summed E-state index contributed by atoms with van der Waals surface area (Å²) in [5.74, 6) is 0. The predicted octanol–water partition coefficient (Wildman–Crippen LogP) is 4.72. The first-order valence-electron chi connectivity index (χ1n) is 6.12. The van der Waals surface area contributed by atoms with E-state index in [2.05, 4.69) is 32.6 Å². The van der Waals surface area contributed by atoms with E-state index < -0.39 is 0 Å². The molecule has 0 aromatic carbocycles. The standard InChI is InChI=1S/C6H12Cl2.C6H15N/c1-2-3-4-5-6(7)8;1-4-7(5-2)6-3/h6H,2-5H2,1H3;4-6H2,1-3H3. The van der Waals surface area contributed by atoms with Crippen molar-refractivity contribution in [3.05, 3.63) is 0 Å². The zero-order valence-corrected chi connectivity index (χ0v) is 12.2. The van der Waals surface area contributed by atoms with Crippen molar-refractivity contribution in [2.24, 2.45) is 0 Å². The quantitative estimate of drug-likeness (QED) is 0.470. The second kappa shape index (κ2) is 14.5. The van der Waals surface area contributed by atoms with Gasteiger partial charge in [-0.2, -0.15) is 0 Å². The molecule has 0 aliphatic carbocycles. The van der Waals surface area contributed by atoms with E-state index in [1.54, 1.807) is 0 Å². The lowest BCUT2D eigenvalue weighted by Gasteiger charge is -2.13. The van der Waals surface area contributed by atoms with E-state index >= 15 is 0 Å². The molecule has 3 heteroatoms. The molecule has 0 N–H and O–H groups in total. The molecule has 0 spiro atoms. The monoisotopic (exact) mass is 255 g/mol. The van der Waals surface area contributed by atoms with Crippen LogP contribution in [0, 0.1) is 0 Å². The molecule has 0 aliphatic heterocycles. The summed E-state index contributed by atoms with van der Waals surface area (Å²) in [6, 6.07) is 0. The zero-order valence-electron chi connectivity index (χ0n) is 10.7. The molecular formula is C12H27Cl2N. The number of rotatable bonds is 7. The maximum Gasteiger partial charge on any atom is 0.107 e. The Morgan fingerprint density at radius 1 is 0.867 bits per heavy atom. The number of halogens is 2. The van der Waals surface area contributed by atoms with Crippen LogP contribution in [0.4, 0.5) is 0 Å². The number of alkyl halides is 2. The fourth-order valence-corrected chi connectivity index (χ4v) is 1.53. The molecule has 0 fully saturated rings. The van der Waals surface area contributed by atoms with Crippen molar-refractivity contribution in [3.8, 4) is 0 Å². The molecule has 94 valence electrons. The van der Waals surface area contributed by atoms with Crippen LogP contribution in [0.15, 0.2) is 0 Å². The lowest BCUT2D eigenvalue weighted by Crippen LogP contribution is -2.21. The van der Waals surface area contributed by atoms with Gasteiger partial charge in [0.15, 0.2) is 0 Å². The highest BCUT2D eigenvalue weighted by Gasteiger charge is 1.95. The molecule has 15 heavy (non-hydrogen) atoms. The minimum Gasteiger partial charge on any atom is -0.304 e. The smallest absolute Gasteiger partial charge is 0.107 e. The molecule has 0 heterocycles. The van der Waals surface area contributed by atoms with Crippen molar-refractivity contribution in [1.82, 2.24) is 4.90 Å². The Hall–Kier alpha value is 0.540. The van der Waals surface area contributed by atoms with E-state index in [0.29, 0.717) is 0 Å². The molecule has 0 unspecified atom stereocenters. The molecule has 0 saturated carbocycles. The number of nitrogens with zero attached hydrogens (tertiary/aromatic N) is 1. The van der Waals surface area contributed by atoms with Gasteiger partial charge in [-0.1, -0.05) is 47.0 Å². The Morgan fingerprint density at radius 2 is 1.33 bits per heavy atom. The van der Waals surface area contributed by atoms with Crippen LogP contribution in [0.5, 0.6) is 0 Å². The molecular weight excluding hydrogens is 229 g/mol. The Morgan fingerprint density at radius 3 is 1.53 bits per heavy atom. The zero-order chi connectivity index (χ0) is 12.1. The molecule has 0 saturated heterocycles. The SMILES string of the molecule is CCCCCC(Cl)Cl.CCN(CC)CC. The molecule has 0 bridgehead atoms. The maximum atomic E-state index is 5.48. The lowest BCUT2D eigenvalue weighted by atomic mass is 10.2. The number of hydrogen-bond donors (Lipinski definition) is 0. The Labute approximate surface area is 106 Å². The number of unbranched alkanes of at least 4 members (excludes halogenated alkanes) is 2. The van der Waals surface area contributed by atoms with Crippen LogP contribution in [0.25, 0.3) is 0 Å². The Bertz CT molecular complexity index is 98.3. The van der Waals surface area contributed by atoms with Crippen LogP contribution in [-0.4, -0.2) is 29.4 Å². The Kier molecular flexibility index (Phi) is 17.4.